The summed E-state index contributed by atoms with van der Waals surface area (Å²) in [6, 6.07) is 4.31. The number of ether oxygens (including phenoxy) is 1. The molecule has 0 spiro atoms. The van der Waals surface area contributed by atoms with Gasteiger partial charge in [-0.15, -0.1) is 0 Å². The summed E-state index contributed by atoms with van der Waals surface area (Å²) in [5.41, 5.74) is 0. The zero-order valence-electron chi connectivity index (χ0n) is 13.9. The van der Waals surface area contributed by atoms with Crippen LogP contribution in [0, 0.1) is 12.8 Å². The topological polar surface area (TPSA) is 64.5 Å². The zero-order valence-corrected chi connectivity index (χ0v) is 13.9. The number of nitrogens with zero attached hydrogens (tertiary/aromatic N) is 3. The van der Waals surface area contributed by atoms with Crippen molar-refractivity contribution >= 4 is 0 Å². The predicted molar refractivity (Wildman–Crippen MR) is 82.8 cm³/mol. The molecule has 23 heavy (non-hydrogen) atoms. The number of aromatic nitrogens is 2. The van der Waals surface area contributed by atoms with Gasteiger partial charge in [0.1, 0.15) is 11.5 Å². The van der Waals surface area contributed by atoms with Gasteiger partial charge in [0.25, 0.3) is 0 Å². The van der Waals surface area contributed by atoms with E-state index in [1.54, 1.807) is 7.11 Å². The van der Waals surface area contributed by atoms with Gasteiger partial charge in [-0.2, -0.15) is 4.98 Å². The van der Waals surface area contributed by atoms with Crippen LogP contribution in [0.25, 0.3) is 0 Å². The summed E-state index contributed by atoms with van der Waals surface area (Å²) < 4.78 is 17.0. The Morgan fingerprint density at radius 2 is 2.17 bits per heavy atom. The molecular formula is C17H23N3O3. The second-order valence-corrected chi connectivity index (χ2v) is 6.84. The molecule has 2 aromatic rings. The van der Waals surface area contributed by atoms with Crippen molar-refractivity contribution in [2.75, 3.05) is 13.7 Å². The van der Waals surface area contributed by atoms with Gasteiger partial charge in [0.05, 0.1) is 18.7 Å². The summed E-state index contributed by atoms with van der Waals surface area (Å²) in [5.74, 6) is 4.84. The van der Waals surface area contributed by atoms with Crippen molar-refractivity contribution in [3.63, 3.8) is 0 Å². The minimum Gasteiger partial charge on any atom is -0.464 e. The second kappa shape index (κ2) is 5.76. The molecule has 4 rings (SSSR count). The normalized spacial score (nSPS) is 30.9. The third-order valence-corrected chi connectivity index (χ3v) is 5.04. The van der Waals surface area contributed by atoms with E-state index in [2.05, 4.69) is 34.1 Å². The molecule has 1 aliphatic heterocycles. The maximum atomic E-state index is 6.05. The minimum atomic E-state index is 0.0922. The second-order valence-electron chi connectivity index (χ2n) is 6.84. The third-order valence-electron chi connectivity index (χ3n) is 5.04. The summed E-state index contributed by atoms with van der Waals surface area (Å²) in [4.78, 5) is 6.71. The highest BCUT2D eigenvalue weighted by molar-refractivity contribution is 5.18. The van der Waals surface area contributed by atoms with E-state index in [1.807, 2.05) is 6.92 Å². The van der Waals surface area contributed by atoms with Gasteiger partial charge >= 0.3 is 0 Å². The molecule has 6 nitrogen and oxygen atoms in total. The molecule has 0 N–H and O–H groups in total. The molecule has 1 saturated heterocycles. The van der Waals surface area contributed by atoms with Crippen LogP contribution in [0.3, 0.4) is 0 Å². The summed E-state index contributed by atoms with van der Waals surface area (Å²) in [5, 5.41) is 3.92. The van der Waals surface area contributed by atoms with Gasteiger partial charge in [0.15, 0.2) is 5.82 Å². The number of hydrogen-bond acceptors (Lipinski definition) is 6. The summed E-state index contributed by atoms with van der Waals surface area (Å²) in [6.07, 6.45) is 2.29. The quantitative estimate of drug-likeness (QED) is 0.844. The maximum Gasteiger partial charge on any atom is 0.244 e. The molecule has 0 bridgehead atoms. The van der Waals surface area contributed by atoms with Crippen LogP contribution < -0.4 is 0 Å². The average Bonchev–Trinajstić information content (AvgIpc) is 2.95. The first kappa shape index (κ1) is 14.9. The van der Waals surface area contributed by atoms with Crippen LogP contribution in [-0.4, -0.2) is 34.8 Å². The molecule has 124 valence electrons. The van der Waals surface area contributed by atoms with Crippen molar-refractivity contribution in [3.8, 4) is 0 Å². The highest BCUT2D eigenvalue weighted by Crippen LogP contribution is 2.47. The number of methoxy groups -OCH3 is 1. The molecule has 0 radical (unpaired) electrons. The summed E-state index contributed by atoms with van der Waals surface area (Å²) in [6.45, 7) is 5.70. The van der Waals surface area contributed by atoms with Gasteiger partial charge in [-0.1, -0.05) is 12.1 Å². The minimum absolute atomic E-state index is 0.0922. The Balaban J connectivity index is 1.50. The highest BCUT2D eigenvalue weighted by atomic mass is 16.5. The van der Waals surface area contributed by atoms with Crippen LogP contribution in [0.1, 0.15) is 55.0 Å². The average molecular weight is 317 g/mol. The molecule has 1 saturated carbocycles. The molecule has 1 aliphatic carbocycles. The van der Waals surface area contributed by atoms with Crippen molar-refractivity contribution in [1.82, 2.24) is 15.0 Å². The third kappa shape index (κ3) is 2.93. The van der Waals surface area contributed by atoms with E-state index in [0.29, 0.717) is 17.6 Å². The van der Waals surface area contributed by atoms with E-state index in [9.17, 15) is 0 Å². The lowest BCUT2D eigenvalue weighted by Crippen LogP contribution is -2.24. The lowest BCUT2D eigenvalue weighted by Gasteiger charge is -2.19. The fourth-order valence-corrected chi connectivity index (χ4v) is 3.51. The standard InChI is InChI=1S/C17H23N3O3/c1-10-6-14(10)16-5-4-12(22-16)8-20-9-13(21-3)7-15(20)17-18-11(2)19-23-17/h4-5,10,13-15H,6-9H2,1-3H3/t10-,13+,14+,15-/m1/s1. The van der Waals surface area contributed by atoms with Gasteiger partial charge in [-0.3, -0.25) is 4.90 Å². The molecule has 0 amide bonds. The van der Waals surface area contributed by atoms with Crippen LogP contribution in [0.15, 0.2) is 21.1 Å². The predicted octanol–water partition coefficient (Wildman–Crippen LogP) is 3.06. The molecule has 6 heteroatoms. The molecule has 2 fully saturated rings. The van der Waals surface area contributed by atoms with E-state index in [0.717, 1.165) is 36.9 Å². The van der Waals surface area contributed by atoms with E-state index in [4.69, 9.17) is 13.7 Å². The fourth-order valence-electron chi connectivity index (χ4n) is 3.51. The van der Waals surface area contributed by atoms with Crippen LogP contribution in [0.5, 0.6) is 0 Å². The Morgan fingerprint density at radius 1 is 1.35 bits per heavy atom. The first-order valence-electron chi connectivity index (χ1n) is 8.29. The Labute approximate surface area is 135 Å². The van der Waals surface area contributed by atoms with Gasteiger partial charge in [0, 0.05) is 19.6 Å². The first-order valence-corrected chi connectivity index (χ1v) is 8.29. The summed E-state index contributed by atoms with van der Waals surface area (Å²) in [7, 11) is 1.75. The van der Waals surface area contributed by atoms with E-state index >= 15 is 0 Å². The molecular weight excluding hydrogens is 294 g/mol. The summed E-state index contributed by atoms with van der Waals surface area (Å²) >= 11 is 0. The van der Waals surface area contributed by atoms with E-state index in [1.165, 1.54) is 6.42 Å². The monoisotopic (exact) mass is 317 g/mol. The van der Waals surface area contributed by atoms with Crippen molar-refractivity contribution < 1.29 is 13.7 Å². The van der Waals surface area contributed by atoms with E-state index in [-0.39, 0.29) is 12.1 Å². The van der Waals surface area contributed by atoms with Crippen LogP contribution >= 0.6 is 0 Å². The molecule has 4 atom stereocenters. The highest BCUT2D eigenvalue weighted by Gasteiger charge is 2.39. The zero-order chi connectivity index (χ0) is 16.0. The van der Waals surface area contributed by atoms with Crippen molar-refractivity contribution in [2.24, 2.45) is 5.92 Å². The SMILES string of the molecule is CO[C@H]1C[C@H](c2nc(C)no2)N(Cc2ccc([C@H]3C[C@H]3C)o2)C1. The Bertz CT molecular complexity index is 680. The Hall–Kier alpha value is -1.66. The van der Waals surface area contributed by atoms with Crippen LogP contribution in [0.2, 0.25) is 0 Å². The Morgan fingerprint density at radius 3 is 2.83 bits per heavy atom. The number of rotatable bonds is 5. The number of aryl methyl sites for hydroxylation is 1. The number of likely N-dealkylation sites (tertiary alicyclic amines) is 1. The van der Waals surface area contributed by atoms with Crippen LogP contribution in [0.4, 0.5) is 0 Å². The lowest BCUT2D eigenvalue weighted by molar-refractivity contribution is 0.106. The molecule has 3 heterocycles. The van der Waals surface area contributed by atoms with Crippen molar-refractivity contribution in [1.29, 1.82) is 0 Å². The lowest BCUT2D eigenvalue weighted by atomic mass is 10.2. The first-order chi connectivity index (χ1) is 11.1. The van der Waals surface area contributed by atoms with Crippen LogP contribution in [-0.2, 0) is 11.3 Å². The van der Waals surface area contributed by atoms with E-state index < -0.39 is 0 Å². The Kier molecular flexibility index (Phi) is 3.73. The molecule has 2 aliphatic rings. The fraction of sp³-hybridized carbons (Fsp3) is 0.647. The van der Waals surface area contributed by atoms with Crippen molar-refractivity contribution in [3.05, 3.63) is 35.4 Å². The molecule has 0 aromatic carbocycles. The van der Waals surface area contributed by atoms with Gasteiger partial charge < -0.3 is 13.7 Å². The smallest absolute Gasteiger partial charge is 0.244 e. The molecule has 2 aromatic heterocycles. The number of hydrogen-bond donors (Lipinski definition) is 0. The van der Waals surface area contributed by atoms with Gasteiger partial charge in [0.2, 0.25) is 5.89 Å². The number of furan rings is 1. The maximum absolute atomic E-state index is 6.05. The van der Waals surface area contributed by atoms with Gasteiger partial charge in [-0.25, -0.2) is 0 Å². The largest absolute Gasteiger partial charge is 0.464 e. The van der Waals surface area contributed by atoms with Gasteiger partial charge in [-0.05, 0) is 37.8 Å². The molecule has 0 unspecified atom stereocenters. The van der Waals surface area contributed by atoms with Crippen molar-refractivity contribution in [2.45, 2.75) is 51.3 Å².